The molecule has 0 aliphatic carbocycles. The van der Waals surface area contributed by atoms with Crippen LogP contribution in [0.25, 0.3) is 10.9 Å². The van der Waals surface area contributed by atoms with Crippen molar-refractivity contribution in [3.05, 3.63) is 96.4 Å². The Bertz CT molecular complexity index is 1490. The smallest absolute Gasteiger partial charge is 0.264 e. The maximum atomic E-state index is 13.9. The number of sulfonamides is 1. The normalized spacial score (nSPS) is 15.8. The summed E-state index contributed by atoms with van der Waals surface area (Å²) in [6.45, 7) is 0.979. The predicted molar refractivity (Wildman–Crippen MR) is 130 cm³/mol. The first-order valence-corrected chi connectivity index (χ1v) is 12.6. The second kappa shape index (κ2) is 9.34. The summed E-state index contributed by atoms with van der Waals surface area (Å²) < 4.78 is 47.3. The summed E-state index contributed by atoms with van der Waals surface area (Å²) in [5.74, 6) is -0.318. The van der Waals surface area contributed by atoms with Crippen LogP contribution < -0.4 is 9.46 Å². The van der Waals surface area contributed by atoms with Crippen molar-refractivity contribution in [3.8, 4) is 5.75 Å². The molecule has 0 bridgehead atoms. The Morgan fingerprint density at radius 2 is 1.77 bits per heavy atom. The highest BCUT2D eigenvalue weighted by Gasteiger charge is 2.29. The Morgan fingerprint density at radius 3 is 2.57 bits per heavy atom. The molecule has 1 atom stereocenters. The van der Waals surface area contributed by atoms with Gasteiger partial charge in [0.25, 0.3) is 15.9 Å². The number of hydrogen-bond donors (Lipinski definition) is 1. The number of ether oxygens (including phenoxy) is 1. The Kier molecular flexibility index (Phi) is 6.08. The fourth-order valence-corrected chi connectivity index (χ4v) is 5.23. The number of rotatable bonds is 6. The average molecular weight is 492 g/mol. The van der Waals surface area contributed by atoms with Gasteiger partial charge in [0.2, 0.25) is 0 Å². The van der Waals surface area contributed by atoms with Gasteiger partial charge in [-0.1, -0.05) is 30.3 Å². The first kappa shape index (κ1) is 22.8. The average Bonchev–Trinajstić information content (AvgIpc) is 3.33. The van der Waals surface area contributed by atoms with E-state index in [0.717, 1.165) is 17.0 Å². The Balaban J connectivity index is 1.24. The van der Waals surface area contributed by atoms with Gasteiger partial charge in [0.1, 0.15) is 28.1 Å². The number of hydrogen-bond acceptors (Lipinski definition) is 5. The lowest BCUT2D eigenvalue weighted by molar-refractivity contribution is 0.0773. The minimum absolute atomic E-state index is 0.154. The molecule has 0 radical (unpaired) electrons. The first-order chi connectivity index (χ1) is 16.9. The molecular weight excluding hydrogens is 469 g/mol. The number of halogens is 1. The van der Waals surface area contributed by atoms with E-state index in [1.807, 2.05) is 30.3 Å². The molecule has 9 heteroatoms. The number of fused-ring (bicyclic) bond motifs is 1. The molecule has 3 aromatic carbocycles. The Labute approximate surface area is 202 Å². The molecule has 1 saturated heterocycles. The lowest BCUT2D eigenvalue weighted by atomic mass is 10.2. The fourth-order valence-electron chi connectivity index (χ4n) is 4.10. The molecule has 7 nitrogen and oxygen atoms in total. The molecule has 2 heterocycles. The predicted octanol–water partition coefficient (Wildman–Crippen LogP) is 4.47. The van der Waals surface area contributed by atoms with Gasteiger partial charge in [-0.25, -0.2) is 12.8 Å². The lowest BCUT2D eigenvalue weighted by Gasteiger charge is -2.18. The van der Waals surface area contributed by atoms with Gasteiger partial charge in [-0.3, -0.25) is 14.5 Å². The third-order valence-electron chi connectivity index (χ3n) is 5.83. The summed E-state index contributed by atoms with van der Waals surface area (Å²) in [6, 6.07) is 20.8. The molecule has 35 heavy (non-hydrogen) atoms. The maximum Gasteiger partial charge on any atom is 0.264 e. The number of nitrogens with one attached hydrogen (secondary N) is 1. The molecule has 1 amide bonds. The van der Waals surface area contributed by atoms with Gasteiger partial charge >= 0.3 is 0 Å². The van der Waals surface area contributed by atoms with Crippen molar-refractivity contribution in [3.63, 3.8) is 0 Å². The highest BCUT2D eigenvalue weighted by atomic mass is 32.2. The van der Waals surface area contributed by atoms with Gasteiger partial charge in [0, 0.05) is 35.8 Å². The number of anilines is 1. The van der Waals surface area contributed by atoms with Crippen LogP contribution in [-0.2, 0) is 10.0 Å². The van der Waals surface area contributed by atoms with Crippen LogP contribution in [0, 0.1) is 5.82 Å². The van der Waals surface area contributed by atoms with Gasteiger partial charge < -0.3 is 9.64 Å². The molecule has 1 unspecified atom stereocenters. The highest BCUT2D eigenvalue weighted by Crippen LogP contribution is 2.27. The molecule has 1 fully saturated rings. The fraction of sp³-hybridized carbons (Fsp3) is 0.154. The number of benzene rings is 3. The monoisotopic (exact) mass is 491 g/mol. The summed E-state index contributed by atoms with van der Waals surface area (Å²) in [5, 5.41) is 0.988. The van der Waals surface area contributed by atoms with Gasteiger partial charge in [-0.2, -0.15) is 0 Å². The number of carbonyl (C=O) groups is 1. The van der Waals surface area contributed by atoms with Crippen molar-refractivity contribution in [2.75, 3.05) is 17.8 Å². The van der Waals surface area contributed by atoms with E-state index < -0.39 is 20.7 Å². The standard InChI is InChI=1S/C26H22FN3O4S/c27-22-7-1-2-9-24(22)35(32,33)29-20-12-10-19(11-13-20)26(31)30-16-14-21(17-30)34-23-8-3-5-18-6-4-15-28-25(18)23/h1-13,15,21,29H,14,16-17H2. The third kappa shape index (κ3) is 4.81. The minimum atomic E-state index is -4.09. The molecule has 0 spiro atoms. The van der Waals surface area contributed by atoms with Crippen LogP contribution in [0.5, 0.6) is 5.75 Å². The van der Waals surface area contributed by atoms with E-state index in [-0.39, 0.29) is 17.7 Å². The van der Waals surface area contributed by atoms with E-state index in [2.05, 4.69) is 9.71 Å². The number of carbonyl (C=O) groups excluding carboxylic acids is 1. The highest BCUT2D eigenvalue weighted by molar-refractivity contribution is 7.92. The summed E-state index contributed by atoms with van der Waals surface area (Å²) in [7, 11) is -4.09. The van der Waals surface area contributed by atoms with Crippen LogP contribution >= 0.6 is 0 Å². The largest absolute Gasteiger partial charge is 0.486 e. The molecule has 1 aliphatic heterocycles. The summed E-state index contributed by atoms with van der Waals surface area (Å²) in [4.78, 5) is 18.7. The van der Waals surface area contributed by atoms with Crippen molar-refractivity contribution in [2.24, 2.45) is 0 Å². The molecular formula is C26H22FN3O4S. The van der Waals surface area contributed by atoms with Crippen LogP contribution in [0.1, 0.15) is 16.8 Å². The molecule has 178 valence electrons. The van der Waals surface area contributed by atoms with E-state index in [4.69, 9.17) is 4.74 Å². The van der Waals surface area contributed by atoms with E-state index >= 15 is 0 Å². The lowest BCUT2D eigenvalue weighted by Crippen LogP contribution is -2.31. The zero-order chi connectivity index (χ0) is 24.4. The van der Waals surface area contributed by atoms with E-state index in [1.54, 1.807) is 23.2 Å². The van der Waals surface area contributed by atoms with Crippen molar-refractivity contribution >= 4 is 32.5 Å². The van der Waals surface area contributed by atoms with Gasteiger partial charge in [-0.05, 0) is 48.5 Å². The van der Waals surface area contributed by atoms with Crippen LogP contribution in [-0.4, -0.2) is 43.4 Å². The minimum Gasteiger partial charge on any atom is -0.486 e. The maximum absolute atomic E-state index is 13.9. The number of likely N-dealkylation sites (tertiary alicyclic amines) is 1. The Morgan fingerprint density at radius 1 is 1.00 bits per heavy atom. The summed E-state index contributed by atoms with van der Waals surface area (Å²) >= 11 is 0. The van der Waals surface area contributed by atoms with Crippen molar-refractivity contribution in [1.82, 2.24) is 9.88 Å². The van der Waals surface area contributed by atoms with Crippen LogP contribution in [0.4, 0.5) is 10.1 Å². The van der Waals surface area contributed by atoms with Crippen molar-refractivity contribution in [1.29, 1.82) is 0 Å². The zero-order valence-corrected chi connectivity index (χ0v) is 19.4. The van der Waals surface area contributed by atoms with Crippen molar-refractivity contribution < 1.29 is 22.3 Å². The molecule has 4 aromatic rings. The molecule has 1 N–H and O–H groups in total. The number of para-hydroxylation sites is 1. The van der Waals surface area contributed by atoms with E-state index in [1.165, 1.54) is 30.3 Å². The van der Waals surface area contributed by atoms with Crippen LogP contribution in [0.2, 0.25) is 0 Å². The molecule has 1 aromatic heterocycles. The number of nitrogens with zero attached hydrogens (tertiary/aromatic N) is 2. The zero-order valence-electron chi connectivity index (χ0n) is 18.6. The second-order valence-corrected chi connectivity index (χ2v) is 9.88. The summed E-state index contributed by atoms with van der Waals surface area (Å²) in [6.07, 6.45) is 2.26. The second-order valence-electron chi connectivity index (χ2n) is 8.22. The van der Waals surface area contributed by atoms with Crippen molar-refractivity contribution in [2.45, 2.75) is 17.4 Å². The van der Waals surface area contributed by atoms with Gasteiger partial charge in [0.15, 0.2) is 0 Å². The molecule has 5 rings (SSSR count). The van der Waals surface area contributed by atoms with Gasteiger partial charge in [0.05, 0.1) is 6.54 Å². The molecule has 1 aliphatic rings. The van der Waals surface area contributed by atoms with Crippen LogP contribution in [0.15, 0.2) is 90.0 Å². The first-order valence-electron chi connectivity index (χ1n) is 11.1. The quantitative estimate of drug-likeness (QED) is 0.430. The van der Waals surface area contributed by atoms with E-state index in [0.29, 0.717) is 30.8 Å². The number of aromatic nitrogens is 1. The summed E-state index contributed by atoms with van der Waals surface area (Å²) in [5.41, 5.74) is 1.44. The third-order valence-corrected chi connectivity index (χ3v) is 7.25. The van der Waals surface area contributed by atoms with E-state index in [9.17, 15) is 17.6 Å². The SMILES string of the molecule is O=C(c1ccc(NS(=O)(=O)c2ccccc2F)cc1)N1CCC(Oc2cccc3cccnc23)C1. The Hall–Kier alpha value is -3.98. The number of amides is 1. The van der Waals surface area contributed by atoms with Crippen LogP contribution in [0.3, 0.4) is 0 Å². The van der Waals surface area contributed by atoms with Gasteiger partial charge in [-0.15, -0.1) is 0 Å². The molecule has 0 saturated carbocycles. The number of pyridine rings is 1. The topological polar surface area (TPSA) is 88.6 Å².